The highest BCUT2D eigenvalue weighted by Gasteiger charge is 2.29. The first-order chi connectivity index (χ1) is 13.8. The van der Waals surface area contributed by atoms with E-state index in [4.69, 9.17) is 4.74 Å². The second kappa shape index (κ2) is 7.43. The summed E-state index contributed by atoms with van der Waals surface area (Å²) < 4.78 is 33.6. The van der Waals surface area contributed by atoms with Crippen molar-refractivity contribution in [3.63, 3.8) is 0 Å². The van der Waals surface area contributed by atoms with Crippen molar-refractivity contribution in [2.45, 2.75) is 30.6 Å². The van der Waals surface area contributed by atoms with Crippen LogP contribution in [0.25, 0.3) is 11.3 Å². The zero-order chi connectivity index (χ0) is 20.8. The van der Waals surface area contributed by atoms with E-state index in [0.29, 0.717) is 22.3 Å². The van der Waals surface area contributed by atoms with Gasteiger partial charge in [0.15, 0.2) is 11.2 Å². The number of rotatable bonds is 5. The van der Waals surface area contributed by atoms with Crippen LogP contribution >= 0.6 is 22.7 Å². The second-order valence-electron chi connectivity index (χ2n) is 6.56. The quantitative estimate of drug-likeness (QED) is 0.637. The van der Waals surface area contributed by atoms with E-state index in [9.17, 15) is 13.2 Å². The number of fused-ring (bicyclic) bond motifs is 1. The maximum Gasteiger partial charge on any atom is 0.273 e. The third-order valence-corrected chi connectivity index (χ3v) is 8.52. The molecule has 0 radical (unpaired) electrons. The first kappa shape index (κ1) is 19.9. The third-order valence-electron chi connectivity index (χ3n) is 4.57. The lowest BCUT2D eigenvalue weighted by Gasteiger charge is -2.30. The van der Waals surface area contributed by atoms with Crippen molar-refractivity contribution in [3.05, 3.63) is 40.6 Å². The first-order valence-electron chi connectivity index (χ1n) is 8.94. The molecule has 3 aromatic rings. The van der Waals surface area contributed by atoms with Gasteiger partial charge in [-0.3, -0.25) is 9.52 Å². The lowest BCUT2D eigenvalue weighted by Crippen LogP contribution is -2.41. The molecule has 3 heterocycles. The maximum atomic E-state index is 12.6. The van der Waals surface area contributed by atoms with E-state index in [1.807, 2.05) is 25.1 Å². The molecule has 0 spiro atoms. The number of carbonyl (C=O) groups excluding carboxylic acids is 1. The number of amides is 1. The molecular weight excluding hydrogens is 430 g/mol. The Balaban J connectivity index is 1.59. The monoisotopic (exact) mass is 449 g/mol. The van der Waals surface area contributed by atoms with Gasteiger partial charge in [-0.15, -0.1) is 22.7 Å². The molecule has 0 saturated heterocycles. The Hall–Kier alpha value is -2.43. The van der Waals surface area contributed by atoms with Crippen LogP contribution in [-0.4, -0.2) is 32.5 Å². The first-order valence-corrected chi connectivity index (χ1v) is 12.1. The van der Waals surface area contributed by atoms with Crippen molar-refractivity contribution in [1.29, 1.82) is 0 Å². The van der Waals surface area contributed by atoms with Crippen LogP contribution < -0.4 is 14.4 Å². The number of benzene rings is 1. The van der Waals surface area contributed by atoms with Crippen LogP contribution in [0, 0.1) is 0 Å². The number of thiophene rings is 1. The van der Waals surface area contributed by atoms with Gasteiger partial charge in [0.1, 0.15) is 9.96 Å². The Morgan fingerprint density at radius 2 is 2.07 bits per heavy atom. The van der Waals surface area contributed by atoms with Gasteiger partial charge in [0.2, 0.25) is 0 Å². The Labute approximate surface area is 177 Å². The average Bonchev–Trinajstić information content (AvgIpc) is 3.35. The summed E-state index contributed by atoms with van der Waals surface area (Å²) in [5, 5.41) is 2.07. The number of likely N-dealkylation sites (N-methyl/N-ethyl adjacent to an activating group) is 1. The predicted molar refractivity (Wildman–Crippen MR) is 116 cm³/mol. The van der Waals surface area contributed by atoms with Gasteiger partial charge >= 0.3 is 0 Å². The number of thiazole rings is 1. The Morgan fingerprint density at radius 3 is 2.79 bits per heavy atom. The van der Waals surface area contributed by atoms with E-state index in [0.717, 1.165) is 16.9 Å². The number of sulfonamides is 1. The van der Waals surface area contributed by atoms with Crippen LogP contribution in [0.5, 0.6) is 5.75 Å². The number of anilines is 2. The molecule has 0 fully saturated rings. The van der Waals surface area contributed by atoms with Crippen molar-refractivity contribution >= 4 is 49.4 Å². The summed E-state index contributed by atoms with van der Waals surface area (Å²) in [6.45, 7) is 3.70. The molecule has 0 saturated carbocycles. The number of ether oxygens (including phenoxy) is 1. The molecule has 2 aromatic heterocycles. The third kappa shape index (κ3) is 3.75. The predicted octanol–water partition coefficient (Wildman–Crippen LogP) is 3.98. The number of hydrogen-bond donors (Lipinski definition) is 1. The molecule has 1 aliphatic rings. The minimum Gasteiger partial charge on any atom is -0.479 e. The molecule has 7 nitrogen and oxygen atoms in total. The lowest BCUT2D eigenvalue weighted by atomic mass is 10.1. The molecule has 152 valence electrons. The van der Waals surface area contributed by atoms with Gasteiger partial charge in [-0.1, -0.05) is 6.92 Å². The van der Waals surface area contributed by atoms with E-state index in [-0.39, 0.29) is 10.1 Å². The minimum absolute atomic E-state index is 0.122. The van der Waals surface area contributed by atoms with Crippen LogP contribution in [0.15, 0.2) is 39.9 Å². The Bertz CT molecular complexity index is 1180. The average molecular weight is 450 g/mol. The smallest absolute Gasteiger partial charge is 0.273 e. The lowest BCUT2D eigenvalue weighted by molar-refractivity contribution is -0.125. The second-order valence-corrected chi connectivity index (χ2v) is 10.5. The highest BCUT2D eigenvalue weighted by Crippen LogP contribution is 2.37. The maximum absolute atomic E-state index is 12.6. The van der Waals surface area contributed by atoms with Gasteiger partial charge < -0.3 is 9.64 Å². The topological polar surface area (TPSA) is 88.6 Å². The molecule has 1 atom stereocenters. The van der Waals surface area contributed by atoms with Gasteiger partial charge in [0.25, 0.3) is 15.9 Å². The highest BCUT2D eigenvalue weighted by atomic mass is 32.2. The zero-order valence-corrected chi connectivity index (χ0v) is 18.5. The van der Waals surface area contributed by atoms with Crippen molar-refractivity contribution in [2.24, 2.45) is 0 Å². The molecule has 1 aromatic carbocycles. The van der Waals surface area contributed by atoms with E-state index in [1.165, 1.54) is 22.7 Å². The summed E-state index contributed by atoms with van der Waals surface area (Å²) in [5.41, 5.74) is 2.05. The molecule has 0 bridgehead atoms. The molecule has 29 heavy (non-hydrogen) atoms. The van der Waals surface area contributed by atoms with Gasteiger partial charge in [0, 0.05) is 22.9 Å². The SMILES string of the molecule is CCc1ccc(S(=O)(=O)Nc2nc(-c3ccc4c(c3)N(C)C(=O)C(C)O4)cs2)s1. The summed E-state index contributed by atoms with van der Waals surface area (Å²) in [5.74, 6) is 0.507. The van der Waals surface area contributed by atoms with Crippen molar-refractivity contribution < 1.29 is 17.9 Å². The fraction of sp³-hybridized carbons (Fsp3) is 0.263. The van der Waals surface area contributed by atoms with Crippen molar-refractivity contribution in [1.82, 2.24) is 4.98 Å². The molecule has 1 N–H and O–H groups in total. The van der Waals surface area contributed by atoms with E-state index >= 15 is 0 Å². The van der Waals surface area contributed by atoms with Crippen LogP contribution in [0.1, 0.15) is 18.7 Å². The van der Waals surface area contributed by atoms with Crippen LogP contribution in [-0.2, 0) is 21.2 Å². The van der Waals surface area contributed by atoms with E-state index in [1.54, 1.807) is 36.4 Å². The summed E-state index contributed by atoms with van der Waals surface area (Å²) in [6, 6.07) is 8.89. The summed E-state index contributed by atoms with van der Waals surface area (Å²) in [4.78, 5) is 19.2. The number of aromatic nitrogens is 1. The number of nitrogens with zero attached hydrogens (tertiary/aromatic N) is 2. The molecule has 1 amide bonds. The van der Waals surface area contributed by atoms with Crippen LogP contribution in [0.4, 0.5) is 10.8 Å². The Kier molecular flexibility index (Phi) is 5.09. The zero-order valence-electron chi connectivity index (χ0n) is 16.0. The van der Waals surface area contributed by atoms with E-state index < -0.39 is 16.1 Å². The normalized spacial score (nSPS) is 16.4. The standard InChI is InChI=1S/C19H19N3O4S3/c1-4-13-6-8-17(28-13)29(24,25)21-19-20-14(10-27-19)12-5-7-16-15(9-12)22(3)18(23)11(2)26-16/h5-11H,4H2,1-3H3,(H,20,21). The van der Waals surface area contributed by atoms with E-state index in [2.05, 4.69) is 9.71 Å². The molecule has 10 heteroatoms. The molecule has 1 unspecified atom stereocenters. The number of nitrogens with one attached hydrogen (secondary N) is 1. The summed E-state index contributed by atoms with van der Waals surface area (Å²) >= 11 is 2.46. The van der Waals surface area contributed by atoms with Crippen molar-refractivity contribution in [3.8, 4) is 17.0 Å². The van der Waals surface area contributed by atoms with Gasteiger partial charge in [0.05, 0.1) is 11.4 Å². The summed E-state index contributed by atoms with van der Waals surface area (Å²) in [7, 11) is -1.96. The highest BCUT2D eigenvalue weighted by molar-refractivity contribution is 7.94. The fourth-order valence-electron chi connectivity index (χ4n) is 2.98. The van der Waals surface area contributed by atoms with Gasteiger partial charge in [-0.25, -0.2) is 13.4 Å². The van der Waals surface area contributed by atoms with Crippen LogP contribution in [0.3, 0.4) is 0 Å². The number of aryl methyl sites for hydroxylation is 1. The van der Waals surface area contributed by atoms with Gasteiger partial charge in [-0.2, -0.15) is 0 Å². The van der Waals surface area contributed by atoms with Crippen LogP contribution in [0.2, 0.25) is 0 Å². The molecule has 0 aliphatic carbocycles. The minimum atomic E-state index is -3.66. The molecular formula is C19H19N3O4S3. The molecule has 4 rings (SSSR count). The molecule has 1 aliphatic heterocycles. The number of carbonyl (C=O) groups is 1. The van der Waals surface area contributed by atoms with Gasteiger partial charge in [-0.05, 0) is 43.7 Å². The summed E-state index contributed by atoms with van der Waals surface area (Å²) in [6.07, 6.45) is 0.267. The largest absolute Gasteiger partial charge is 0.479 e. The fourth-order valence-corrected chi connectivity index (χ4v) is 6.25. The number of hydrogen-bond acceptors (Lipinski definition) is 7. The van der Waals surface area contributed by atoms with Crippen molar-refractivity contribution in [2.75, 3.05) is 16.7 Å². The Morgan fingerprint density at radius 1 is 1.28 bits per heavy atom.